The zero-order valence-electron chi connectivity index (χ0n) is 7.55. The largest absolute Gasteiger partial charge is 0.368 e. The van der Waals surface area contributed by atoms with E-state index in [1.165, 1.54) is 18.4 Å². The van der Waals surface area contributed by atoms with Crippen LogP contribution < -0.4 is 0 Å². The van der Waals surface area contributed by atoms with Crippen LogP contribution in [0.4, 0.5) is 0 Å². The van der Waals surface area contributed by atoms with Gasteiger partial charge in [-0.25, -0.2) is 0 Å². The van der Waals surface area contributed by atoms with E-state index in [9.17, 15) is 0 Å². The molecule has 2 atom stereocenters. The van der Waals surface area contributed by atoms with Crippen molar-refractivity contribution < 1.29 is 4.74 Å². The van der Waals surface area contributed by atoms with Crippen molar-refractivity contribution in [2.75, 3.05) is 0 Å². The van der Waals surface area contributed by atoms with Gasteiger partial charge in [-0.3, -0.25) is 0 Å². The highest BCUT2D eigenvalue weighted by molar-refractivity contribution is 5.15. The van der Waals surface area contributed by atoms with Gasteiger partial charge in [-0.1, -0.05) is 6.08 Å². The van der Waals surface area contributed by atoms with Gasteiger partial charge in [0, 0.05) is 0 Å². The first-order valence-corrected chi connectivity index (χ1v) is 4.44. The molecule has 2 rings (SSSR count). The highest BCUT2D eigenvalue weighted by atomic mass is 16.5. The van der Waals surface area contributed by atoms with E-state index >= 15 is 0 Å². The van der Waals surface area contributed by atoms with Crippen LogP contribution in [0.3, 0.4) is 0 Å². The quantitative estimate of drug-likeness (QED) is 0.485. The Morgan fingerprint density at radius 2 is 2.27 bits per heavy atom. The van der Waals surface area contributed by atoms with Gasteiger partial charge < -0.3 is 4.74 Å². The van der Waals surface area contributed by atoms with E-state index < -0.39 is 0 Å². The Hall–Kier alpha value is -0.300. The van der Waals surface area contributed by atoms with Crippen LogP contribution in [0, 0.1) is 5.92 Å². The topological polar surface area (TPSA) is 9.23 Å². The van der Waals surface area contributed by atoms with Gasteiger partial charge in [-0.15, -0.1) is 0 Å². The second-order valence-corrected chi connectivity index (χ2v) is 4.33. The Balaban J connectivity index is 2.25. The number of rotatable bonds is 0. The first-order chi connectivity index (χ1) is 5.09. The number of fused-ring (bicyclic) bond motifs is 2. The number of allylic oxidation sites excluding steroid dienone is 1. The molecular weight excluding hydrogens is 136 g/mol. The zero-order valence-corrected chi connectivity index (χ0v) is 7.55. The SMILES string of the molecule is CC1=CCC2CC1OC2(C)C. The van der Waals surface area contributed by atoms with E-state index in [-0.39, 0.29) is 5.60 Å². The van der Waals surface area contributed by atoms with E-state index in [0.717, 1.165) is 5.92 Å². The van der Waals surface area contributed by atoms with E-state index in [1.807, 2.05) is 0 Å². The molecule has 0 radical (unpaired) electrons. The molecule has 1 saturated heterocycles. The van der Waals surface area contributed by atoms with E-state index in [4.69, 9.17) is 4.74 Å². The lowest BCUT2D eigenvalue weighted by molar-refractivity contribution is -0.0136. The monoisotopic (exact) mass is 152 g/mol. The minimum absolute atomic E-state index is 0.124. The third-order valence-electron chi connectivity index (χ3n) is 3.16. The van der Waals surface area contributed by atoms with Gasteiger partial charge in [0.1, 0.15) is 0 Å². The molecule has 2 aliphatic rings. The maximum absolute atomic E-state index is 5.92. The van der Waals surface area contributed by atoms with Gasteiger partial charge in [0.2, 0.25) is 0 Å². The molecule has 0 aromatic carbocycles. The summed E-state index contributed by atoms with van der Waals surface area (Å²) >= 11 is 0. The van der Waals surface area contributed by atoms with Crippen LogP contribution in [0.15, 0.2) is 11.6 Å². The van der Waals surface area contributed by atoms with Crippen LogP contribution in [-0.4, -0.2) is 11.7 Å². The molecule has 0 saturated carbocycles. The highest BCUT2D eigenvalue weighted by Gasteiger charge is 2.43. The second kappa shape index (κ2) is 2.10. The fourth-order valence-corrected chi connectivity index (χ4v) is 2.17. The average Bonchev–Trinajstić information content (AvgIpc) is 2.16. The van der Waals surface area contributed by atoms with Crippen LogP contribution in [0.1, 0.15) is 33.6 Å². The van der Waals surface area contributed by atoms with Crippen LogP contribution in [0.2, 0.25) is 0 Å². The molecule has 2 bridgehead atoms. The summed E-state index contributed by atoms with van der Waals surface area (Å²) in [5.74, 6) is 0.760. The van der Waals surface area contributed by atoms with E-state index in [0.29, 0.717) is 6.10 Å². The summed E-state index contributed by atoms with van der Waals surface area (Å²) in [5, 5.41) is 0. The highest BCUT2D eigenvalue weighted by Crippen LogP contribution is 2.43. The lowest BCUT2D eigenvalue weighted by Gasteiger charge is -2.23. The molecule has 1 nitrogen and oxygen atoms in total. The van der Waals surface area contributed by atoms with Crippen LogP contribution >= 0.6 is 0 Å². The van der Waals surface area contributed by atoms with Crippen molar-refractivity contribution in [3.63, 3.8) is 0 Å². The lowest BCUT2D eigenvalue weighted by atomic mass is 9.82. The third kappa shape index (κ3) is 1.02. The van der Waals surface area contributed by atoms with Crippen LogP contribution in [0.5, 0.6) is 0 Å². The minimum atomic E-state index is 0.124. The number of hydrogen-bond donors (Lipinski definition) is 0. The van der Waals surface area contributed by atoms with E-state index in [1.54, 1.807) is 0 Å². The fraction of sp³-hybridized carbons (Fsp3) is 0.800. The van der Waals surface area contributed by atoms with Gasteiger partial charge in [0.25, 0.3) is 0 Å². The Morgan fingerprint density at radius 3 is 2.91 bits per heavy atom. The van der Waals surface area contributed by atoms with Gasteiger partial charge in [-0.05, 0) is 45.1 Å². The molecule has 1 aliphatic carbocycles. The summed E-state index contributed by atoms with van der Waals surface area (Å²) < 4.78 is 5.92. The number of hydrogen-bond acceptors (Lipinski definition) is 1. The molecule has 11 heavy (non-hydrogen) atoms. The average molecular weight is 152 g/mol. The summed E-state index contributed by atoms with van der Waals surface area (Å²) in [4.78, 5) is 0. The maximum atomic E-state index is 5.92. The van der Waals surface area contributed by atoms with Crippen molar-refractivity contribution in [3.05, 3.63) is 11.6 Å². The summed E-state index contributed by atoms with van der Waals surface area (Å²) in [6.07, 6.45) is 5.24. The van der Waals surface area contributed by atoms with Crippen molar-refractivity contribution in [2.24, 2.45) is 5.92 Å². The summed E-state index contributed by atoms with van der Waals surface area (Å²) in [5.41, 5.74) is 1.56. The summed E-state index contributed by atoms with van der Waals surface area (Å²) in [7, 11) is 0. The predicted molar refractivity (Wildman–Crippen MR) is 45.4 cm³/mol. The Labute approximate surface area is 68.4 Å². The van der Waals surface area contributed by atoms with Crippen molar-refractivity contribution >= 4 is 0 Å². The standard InChI is InChI=1S/C10H16O/c1-7-4-5-8-6-9(7)11-10(8,2)3/h4,8-9H,5-6H2,1-3H3. The summed E-state index contributed by atoms with van der Waals surface area (Å²) in [6.45, 7) is 6.61. The van der Waals surface area contributed by atoms with Crippen molar-refractivity contribution in [1.82, 2.24) is 0 Å². The first-order valence-electron chi connectivity index (χ1n) is 4.44. The second-order valence-electron chi connectivity index (χ2n) is 4.33. The van der Waals surface area contributed by atoms with Crippen molar-refractivity contribution in [2.45, 2.75) is 45.3 Å². The van der Waals surface area contributed by atoms with Gasteiger partial charge in [0.15, 0.2) is 0 Å². The maximum Gasteiger partial charge on any atom is 0.0793 e. The Morgan fingerprint density at radius 1 is 1.55 bits per heavy atom. The molecule has 1 heteroatoms. The molecule has 1 fully saturated rings. The molecule has 1 aliphatic heterocycles. The fourth-order valence-electron chi connectivity index (χ4n) is 2.17. The zero-order chi connectivity index (χ0) is 8.06. The molecule has 0 spiro atoms. The lowest BCUT2D eigenvalue weighted by Crippen LogP contribution is -2.26. The van der Waals surface area contributed by atoms with Gasteiger partial charge in [-0.2, -0.15) is 0 Å². The predicted octanol–water partition coefficient (Wildman–Crippen LogP) is 2.52. The molecule has 0 aromatic rings. The molecule has 62 valence electrons. The number of ether oxygens (including phenoxy) is 1. The van der Waals surface area contributed by atoms with Crippen molar-refractivity contribution in [3.8, 4) is 0 Å². The summed E-state index contributed by atoms with van der Waals surface area (Å²) in [6, 6.07) is 0. The van der Waals surface area contributed by atoms with Gasteiger partial charge in [0.05, 0.1) is 11.7 Å². The molecule has 1 heterocycles. The molecule has 2 unspecified atom stereocenters. The molecule has 0 amide bonds. The van der Waals surface area contributed by atoms with Crippen molar-refractivity contribution in [1.29, 1.82) is 0 Å². The van der Waals surface area contributed by atoms with E-state index in [2.05, 4.69) is 26.8 Å². The molecule has 0 aromatic heterocycles. The van der Waals surface area contributed by atoms with Crippen LogP contribution in [0.25, 0.3) is 0 Å². The van der Waals surface area contributed by atoms with Crippen LogP contribution in [-0.2, 0) is 4.74 Å². The molecule has 0 N–H and O–H groups in total. The van der Waals surface area contributed by atoms with Gasteiger partial charge >= 0.3 is 0 Å². The normalized spacial score (nSPS) is 40.5. The molecular formula is C10H16O. The first kappa shape index (κ1) is 7.35. The minimum Gasteiger partial charge on any atom is -0.368 e. The third-order valence-corrected chi connectivity index (χ3v) is 3.16. The smallest absolute Gasteiger partial charge is 0.0793 e. The Kier molecular flexibility index (Phi) is 1.40. The Bertz CT molecular complexity index is 203.